The molecule has 140 valence electrons. The predicted molar refractivity (Wildman–Crippen MR) is 92.8 cm³/mol. The van der Waals surface area contributed by atoms with Gasteiger partial charge in [-0.25, -0.2) is 4.39 Å². The van der Waals surface area contributed by atoms with Crippen molar-refractivity contribution in [3.05, 3.63) is 65.6 Å². The molecule has 0 atom stereocenters. The highest BCUT2D eigenvalue weighted by atomic mass is 19.1. The first kappa shape index (κ1) is 17.3. The quantitative estimate of drug-likeness (QED) is 0.632. The fourth-order valence-corrected chi connectivity index (χ4v) is 2.73. The van der Waals surface area contributed by atoms with Crippen molar-refractivity contribution in [2.24, 2.45) is 0 Å². The number of halogens is 1. The van der Waals surface area contributed by atoms with Crippen molar-refractivity contribution >= 4 is 0 Å². The van der Waals surface area contributed by atoms with E-state index in [4.69, 9.17) is 18.7 Å². The largest absolute Gasteiger partial charge is 0.485 e. The van der Waals surface area contributed by atoms with Crippen LogP contribution in [0.15, 0.2) is 47.0 Å². The lowest BCUT2D eigenvalue weighted by Gasteiger charge is -2.14. The second kappa shape index (κ2) is 7.63. The van der Waals surface area contributed by atoms with Crippen LogP contribution in [0, 0.1) is 5.82 Å². The maximum Gasteiger partial charge on any atom is 0.240 e. The molecule has 0 amide bonds. The van der Waals surface area contributed by atoms with Gasteiger partial charge < -0.3 is 18.7 Å². The third-order valence-corrected chi connectivity index (χ3v) is 3.99. The van der Waals surface area contributed by atoms with E-state index < -0.39 is 0 Å². The zero-order valence-electron chi connectivity index (χ0n) is 14.7. The molecule has 0 spiro atoms. The van der Waals surface area contributed by atoms with Crippen molar-refractivity contribution in [1.82, 2.24) is 15.0 Å². The van der Waals surface area contributed by atoms with Crippen LogP contribution in [0.3, 0.4) is 0 Å². The fraction of sp³-hybridized carbons (Fsp3) is 0.263. The molecule has 0 N–H and O–H groups in total. The topological polar surface area (TPSA) is 69.9 Å². The Morgan fingerprint density at radius 3 is 2.74 bits per heavy atom. The Labute approximate surface area is 155 Å². The van der Waals surface area contributed by atoms with Crippen LogP contribution in [0.4, 0.5) is 4.39 Å². The lowest BCUT2D eigenvalue weighted by molar-refractivity contribution is 0.174. The molecule has 0 radical (unpaired) electrons. The van der Waals surface area contributed by atoms with E-state index in [9.17, 15) is 4.39 Å². The van der Waals surface area contributed by atoms with Crippen molar-refractivity contribution in [2.75, 3.05) is 13.8 Å². The summed E-state index contributed by atoms with van der Waals surface area (Å²) in [7, 11) is 1.96. The Hall–Kier alpha value is -3.13. The van der Waals surface area contributed by atoms with Crippen molar-refractivity contribution in [1.29, 1.82) is 0 Å². The maximum atomic E-state index is 12.9. The SMILES string of the molecule is CN(Cc1ccc2c(c1)OCO2)Cc1nc(COc2ccc(F)cc2)no1. The van der Waals surface area contributed by atoms with Gasteiger partial charge in [0.2, 0.25) is 18.5 Å². The molecule has 0 saturated carbocycles. The Kier molecular flexibility index (Phi) is 4.88. The molecule has 1 aromatic heterocycles. The van der Waals surface area contributed by atoms with Gasteiger partial charge in [0.05, 0.1) is 6.54 Å². The molecule has 27 heavy (non-hydrogen) atoms. The highest BCUT2D eigenvalue weighted by Gasteiger charge is 2.15. The molecule has 0 unspecified atom stereocenters. The predicted octanol–water partition coefficient (Wildman–Crippen LogP) is 3.15. The first-order valence-corrected chi connectivity index (χ1v) is 8.42. The summed E-state index contributed by atoms with van der Waals surface area (Å²) in [5, 5.41) is 3.91. The average Bonchev–Trinajstić information content (AvgIpc) is 3.30. The van der Waals surface area contributed by atoms with E-state index in [-0.39, 0.29) is 19.2 Å². The van der Waals surface area contributed by atoms with Gasteiger partial charge in [-0.3, -0.25) is 4.90 Å². The Morgan fingerprint density at radius 1 is 1.07 bits per heavy atom. The lowest BCUT2D eigenvalue weighted by atomic mass is 10.2. The molecule has 1 aliphatic rings. The van der Waals surface area contributed by atoms with Crippen LogP contribution >= 0.6 is 0 Å². The Balaban J connectivity index is 1.30. The average molecular weight is 371 g/mol. The first-order chi connectivity index (χ1) is 13.2. The van der Waals surface area contributed by atoms with Crippen LogP contribution in [0.1, 0.15) is 17.3 Å². The number of aromatic nitrogens is 2. The summed E-state index contributed by atoms with van der Waals surface area (Å²) in [4.78, 5) is 6.37. The van der Waals surface area contributed by atoms with Gasteiger partial charge in [0.25, 0.3) is 0 Å². The van der Waals surface area contributed by atoms with E-state index in [0.717, 1.165) is 17.1 Å². The third-order valence-electron chi connectivity index (χ3n) is 3.99. The van der Waals surface area contributed by atoms with Gasteiger partial charge >= 0.3 is 0 Å². The van der Waals surface area contributed by atoms with Crippen molar-refractivity contribution < 1.29 is 23.1 Å². The first-order valence-electron chi connectivity index (χ1n) is 8.42. The third kappa shape index (κ3) is 4.35. The Bertz CT molecular complexity index is 914. The van der Waals surface area contributed by atoms with Gasteiger partial charge in [0, 0.05) is 6.54 Å². The summed E-state index contributed by atoms with van der Waals surface area (Å²) in [6.07, 6.45) is 0. The molecule has 8 heteroatoms. The second-order valence-electron chi connectivity index (χ2n) is 6.21. The van der Waals surface area contributed by atoms with Gasteiger partial charge in [-0.2, -0.15) is 4.98 Å². The van der Waals surface area contributed by atoms with Crippen molar-refractivity contribution in [3.63, 3.8) is 0 Å². The Morgan fingerprint density at radius 2 is 1.89 bits per heavy atom. The molecule has 7 nitrogen and oxygen atoms in total. The summed E-state index contributed by atoms with van der Waals surface area (Å²) in [6, 6.07) is 11.6. The minimum Gasteiger partial charge on any atom is -0.485 e. The van der Waals surface area contributed by atoms with E-state index in [1.807, 2.05) is 25.2 Å². The van der Waals surface area contributed by atoms with Crippen LogP contribution in [0.25, 0.3) is 0 Å². The number of hydrogen-bond donors (Lipinski definition) is 0. The summed E-state index contributed by atoms with van der Waals surface area (Å²) in [6.45, 7) is 1.61. The van der Waals surface area contributed by atoms with Gasteiger partial charge in [0.15, 0.2) is 18.1 Å². The summed E-state index contributed by atoms with van der Waals surface area (Å²) >= 11 is 0. The van der Waals surface area contributed by atoms with E-state index in [0.29, 0.717) is 30.6 Å². The zero-order chi connectivity index (χ0) is 18.6. The van der Waals surface area contributed by atoms with Gasteiger partial charge in [-0.1, -0.05) is 11.2 Å². The number of fused-ring (bicyclic) bond motifs is 1. The molecule has 0 saturated heterocycles. The van der Waals surface area contributed by atoms with E-state index >= 15 is 0 Å². The highest BCUT2D eigenvalue weighted by Crippen LogP contribution is 2.32. The van der Waals surface area contributed by atoms with Crippen LogP contribution in [0.2, 0.25) is 0 Å². The molecular formula is C19H18FN3O4. The van der Waals surface area contributed by atoms with E-state index in [1.54, 1.807) is 12.1 Å². The molecule has 1 aliphatic heterocycles. The monoisotopic (exact) mass is 371 g/mol. The number of ether oxygens (including phenoxy) is 3. The lowest BCUT2D eigenvalue weighted by Crippen LogP contribution is -2.17. The number of rotatable bonds is 7. The molecule has 2 heterocycles. The molecule has 0 aliphatic carbocycles. The number of benzene rings is 2. The normalized spacial score (nSPS) is 12.6. The molecule has 0 fully saturated rings. The fourth-order valence-electron chi connectivity index (χ4n) is 2.73. The minimum atomic E-state index is -0.310. The standard InChI is InChI=1S/C19H18FN3O4/c1-23(9-13-2-7-16-17(8-13)26-12-25-16)10-19-21-18(22-27-19)11-24-15-5-3-14(20)4-6-15/h2-8H,9-12H2,1H3. The van der Waals surface area contributed by atoms with E-state index in [1.165, 1.54) is 12.1 Å². The van der Waals surface area contributed by atoms with E-state index in [2.05, 4.69) is 15.0 Å². The van der Waals surface area contributed by atoms with Gasteiger partial charge in [0.1, 0.15) is 11.6 Å². The van der Waals surface area contributed by atoms with Gasteiger partial charge in [-0.05, 0) is 49.0 Å². The summed E-state index contributed by atoms with van der Waals surface area (Å²) in [5.74, 6) is 2.70. The number of nitrogens with zero attached hydrogens (tertiary/aromatic N) is 3. The smallest absolute Gasteiger partial charge is 0.240 e. The van der Waals surface area contributed by atoms with Crippen molar-refractivity contribution in [3.8, 4) is 17.2 Å². The zero-order valence-corrected chi connectivity index (χ0v) is 14.7. The highest BCUT2D eigenvalue weighted by molar-refractivity contribution is 5.44. The second-order valence-corrected chi connectivity index (χ2v) is 6.21. The molecule has 0 bridgehead atoms. The van der Waals surface area contributed by atoms with Crippen LogP contribution in [0.5, 0.6) is 17.2 Å². The van der Waals surface area contributed by atoms with Crippen LogP contribution in [-0.4, -0.2) is 28.9 Å². The number of hydrogen-bond acceptors (Lipinski definition) is 7. The minimum absolute atomic E-state index is 0.154. The molecule has 2 aromatic carbocycles. The maximum absolute atomic E-state index is 12.9. The van der Waals surface area contributed by atoms with Crippen LogP contribution in [-0.2, 0) is 19.7 Å². The van der Waals surface area contributed by atoms with Crippen molar-refractivity contribution in [2.45, 2.75) is 19.7 Å². The van der Waals surface area contributed by atoms with Crippen LogP contribution < -0.4 is 14.2 Å². The summed E-state index contributed by atoms with van der Waals surface area (Å²) < 4.78 is 34.4. The molecule has 3 aromatic rings. The summed E-state index contributed by atoms with van der Waals surface area (Å²) in [5.41, 5.74) is 1.10. The molecule has 4 rings (SSSR count). The van der Waals surface area contributed by atoms with Gasteiger partial charge in [-0.15, -0.1) is 0 Å². The molecular weight excluding hydrogens is 353 g/mol.